The SMILES string of the molecule is CN(Cc1nc2ccccc2c(=O)[nH]1)C(=O)CN1C(=O)N[C@@](C)(c2ccccc2)C1=O. The summed E-state index contributed by atoms with van der Waals surface area (Å²) in [7, 11) is 1.52. The number of hydrogen-bond acceptors (Lipinski definition) is 5. The average Bonchev–Trinajstić information content (AvgIpc) is 2.98. The molecule has 0 bridgehead atoms. The number of likely N-dealkylation sites (N-methyl/N-ethyl adjacent to an activating group) is 1. The number of nitrogens with zero attached hydrogens (tertiary/aromatic N) is 3. The predicted octanol–water partition coefficient (Wildman–Crippen LogP) is 1.35. The Kier molecular flexibility index (Phi) is 5.02. The first-order valence-corrected chi connectivity index (χ1v) is 9.71. The second-order valence-corrected chi connectivity index (χ2v) is 7.59. The zero-order valence-electron chi connectivity index (χ0n) is 17.1. The lowest BCUT2D eigenvalue weighted by atomic mass is 9.92. The van der Waals surface area contributed by atoms with Gasteiger partial charge in [-0.2, -0.15) is 0 Å². The molecule has 3 aromatic rings. The maximum Gasteiger partial charge on any atom is 0.325 e. The minimum Gasteiger partial charge on any atom is -0.337 e. The molecule has 9 heteroatoms. The van der Waals surface area contributed by atoms with Gasteiger partial charge in [0.2, 0.25) is 5.91 Å². The molecule has 9 nitrogen and oxygen atoms in total. The molecule has 0 aliphatic carbocycles. The van der Waals surface area contributed by atoms with Crippen molar-refractivity contribution in [3.8, 4) is 0 Å². The highest BCUT2D eigenvalue weighted by atomic mass is 16.2. The third-order valence-electron chi connectivity index (χ3n) is 5.39. The number of imide groups is 1. The summed E-state index contributed by atoms with van der Waals surface area (Å²) in [4.78, 5) is 59.6. The summed E-state index contributed by atoms with van der Waals surface area (Å²) in [6.45, 7) is 1.22. The number of carbonyl (C=O) groups excluding carboxylic acids is 3. The van der Waals surface area contributed by atoms with E-state index in [4.69, 9.17) is 0 Å². The monoisotopic (exact) mass is 419 g/mol. The molecule has 1 aliphatic rings. The Morgan fingerprint density at radius 2 is 1.74 bits per heavy atom. The van der Waals surface area contributed by atoms with Crippen LogP contribution in [0.1, 0.15) is 18.3 Å². The van der Waals surface area contributed by atoms with E-state index in [0.29, 0.717) is 22.3 Å². The molecule has 2 heterocycles. The third kappa shape index (κ3) is 3.65. The molecule has 0 radical (unpaired) electrons. The summed E-state index contributed by atoms with van der Waals surface area (Å²) < 4.78 is 0. The fourth-order valence-electron chi connectivity index (χ4n) is 3.59. The molecular weight excluding hydrogens is 398 g/mol. The Morgan fingerprint density at radius 1 is 1.06 bits per heavy atom. The number of hydrogen-bond donors (Lipinski definition) is 2. The van der Waals surface area contributed by atoms with Gasteiger partial charge in [0.05, 0.1) is 17.4 Å². The van der Waals surface area contributed by atoms with E-state index in [1.807, 2.05) is 6.07 Å². The zero-order chi connectivity index (χ0) is 22.2. The number of benzene rings is 2. The molecule has 4 rings (SSSR count). The first-order chi connectivity index (χ1) is 14.8. The van der Waals surface area contributed by atoms with E-state index in [0.717, 1.165) is 4.90 Å². The van der Waals surface area contributed by atoms with Crippen molar-refractivity contribution in [3.05, 3.63) is 76.3 Å². The van der Waals surface area contributed by atoms with Crippen LogP contribution >= 0.6 is 0 Å². The van der Waals surface area contributed by atoms with Gasteiger partial charge in [-0.3, -0.25) is 19.3 Å². The second-order valence-electron chi connectivity index (χ2n) is 7.59. The van der Waals surface area contributed by atoms with Gasteiger partial charge in [-0.05, 0) is 24.6 Å². The fraction of sp³-hybridized carbons (Fsp3) is 0.227. The minimum atomic E-state index is -1.23. The van der Waals surface area contributed by atoms with Crippen molar-refractivity contribution in [3.63, 3.8) is 0 Å². The molecule has 1 saturated heterocycles. The maximum atomic E-state index is 13.0. The standard InChI is InChI=1S/C22H21N5O4/c1-22(14-8-4-3-5-9-14)20(30)27(21(31)25-22)13-18(28)26(2)12-17-23-16-11-7-6-10-15(16)19(29)24-17/h3-11H,12-13H2,1-2H3,(H,25,31)(H,23,24,29)/t22-/m0/s1. The highest BCUT2D eigenvalue weighted by Gasteiger charge is 2.49. The first-order valence-electron chi connectivity index (χ1n) is 9.71. The van der Waals surface area contributed by atoms with E-state index >= 15 is 0 Å². The Bertz CT molecular complexity index is 1240. The first kappa shape index (κ1) is 20.3. The Labute approximate surface area is 177 Å². The molecule has 1 fully saturated rings. The summed E-state index contributed by atoms with van der Waals surface area (Å²) in [6.07, 6.45) is 0. The van der Waals surface area contributed by atoms with E-state index in [1.54, 1.807) is 55.5 Å². The number of carbonyl (C=O) groups is 3. The van der Waals surface area contributed by atoms with Crippen LogP contribution < -0.4 is 10.9 Å². The van der Waals surface area contributed by atoms with Crippen molar-refractivity contribution in [1.82, 2.24) is 25.1 Å². The molecule has 1 atom stereocenters. The van der Waals surface area contributed by atoms with Gasteiger partial charge in [0.1, 0.15) is 17.9 Å². The third-order valence-corrected chi connectivity index (χ3v) is 5.39. The van der Waals surface area contributed by atoms with Gasteiger partial charge in [0.15, 0.2) is 0 Å². The number of nitrogens with one attached hydrogen (secondary N) is 2. The lowest BCUT2D eigenvalue weighted by molar-refractivity contribution is -0.138. The van der Waals surface area contributed by atoms with Crippen molar-refractivity contribution >= 4 is 28.7 Å². The molecule has 4 amide bonds. The number of aromatic amines is 1. The number of aromatic nitrogens is 2. The van der Waals surface area contributed by atoms with Crippen LogP contribution in [0, 0.1) is 0 Å². The van der Waals surface area contributed by atoms with Crippen molar-refractivity contribution in [2.75, 3.05) is 13.6 Å². The van der Waals surface area contributed by atoms with Crippen LogP contribution in [0.25, 0.3) is 10.9 Å². The lowest BCUT2D eigenvalue weighted by Gasteiger charge is -2.23. The number of rotatable bonds is 5. The van der Waals surface area contributed by atoms with E-state index < -0.39 is 29.9 Å². The second kappa shape index (κ2) is 7.67. The van der Waals surface area contributed by atoms with Crippen molar-refractivity contribution in [1.29, 1.82) is 0 Å². The van der Waals surface area contributed by atoms with Crippen molar-refractivity contribution in [2.45, 2.75) is 19.0 Å². The van der Waals surface area contributed by atoms with Crippen molar-refractivity contribution in [2.24, 2.45) is 0 Å². The molecule has 0 saturated carbocycles. The Balaban J connectivity index is 1.49. The van der Waals surface area contributed by atoms with Crippen molar-refractivity contribution < 1.29 is 14.4 Å². The molecule has 2 aromatic carbocycles. The van der Waals surface area contributed by atoms with Crippen LogP contribution in [-0.2, 0) is 21.7 Å². The fourth-order valence-corrected chi connectivity index (χ4v) is 3.59. The highest BCUT2D eigenvalue weighted by molar-refractivity contribution is 6.09. The topological polar surface area (TPSA) is 115 Å². The number of amides is 4. The number of urea groups is 1. The van der Waals surface area contributed by atoms with Crippen LogP contribution in [-0.4, -0.2) is 51.2 Å². The summed E-state index contributed by atoms with van der Waals surface area (Å²) in [5, 5.41) is 3.13. The van der Waals surface area contributed by atoms with Gasteiger partial charge < -0.3 is 15.2 Å². The molecule has 31 heavy (non-hydrogen) atoms. The minimum absolute atomic E-state index is 0.0263. The van der Waals surface area contributed by atoms with Gasteiger partial charge in [0.25, 0.3) is 11.5 Å². The predicted molar refractivity (Wildman–Crippen MR) is 113 cm³/mol. The van der Waals surface area contributed by atoms with Gasteiger partial charge in [-0.25, -0.2) is 9.78 Å². The van der Waals surface area contributed by atoms with Crippen LogP contribution in [0.2, 0.25) is 0 Å². The van der Waals surface area contributed by atoms with Gasteiger partial charge in [-0.1, -0.05) is 42.5 Å². The highest BCUT2D eigenvalue weighted by Crippen LogP contribution is 2.28. The van der Waals surface area contributed by atoms with E-state index in [2.05, 4.69) is 15.3 Å². The van der Waals surface area contributed by atoms with Crippen LogP contribution in [0.3, 0.4) is 0 Å². The molecule has 1 aliphatic heterocycles. The van der Waals surface area contributed by atoms with Gasteiger partial charge in [0, 0.05) is 7.05 Å². The van der Waals surface area contributed by atoms with Crippen LogP contribution in [0.5, 0.6) is 0 Å². The van der Waals surface area contributed by atoms with Crippen LogP contribution in [0.15, 0.2) is 59.4 Å². The molecular formula is C22H21N5O4. The normalized spacial score (nSPS) is 18.3. The lowest BCUT2D eigenvalue weighted by Crippen LogP contribution is -2.43. The Morgan fingerprint density at radius 3 is 2.48 bits per heavy atom. The van der Waals surface area contributed by atoms with E-state index in [-0.39, 0.29) is 12.1 Å². The summed E-state index contributed by atoms with van der Waals surface area (Å²) in [5.74, 6) is -0.648. The maximum absolute atomic E-state index is 13.0. The molecule has 0 spiro atoms. The van der Waals surface area contributed by atoms with Gasteiger partial charge in [-0.15, -0.1) is 0 Å². The summed E-state index contributed by atoms with van der Waals surface area (Å²) in [6, 6.07) is 15.1. The largest absolute Gasteiger partial charge is 0.337 e. The molecule has 158 valence electrons. The Hall–Kier alpha value is -4.01. The van der Waals surface area contributed by atoms with Crippen LogP contribution in [0.4, 0.5) is 4.79 Å². The van der Waals surface area contributed by atoms with Gasteiger partial charge >= 0.3 is 6.03 Å². The number of H-pyrrole nitrogens is 1. The number of para-hydroxylation sites is 1. The summed E-state index contributed by atoms with van der Waals surface area (Å²) >= 11 is 0. The molecule has 1 aromatic heterocycles. The quantitative estimate of drug-likeness (QED) is 0.606. The summed E-state index contributed by atoms with van der Waals surface area (Å²) in [5.41, 5.74) is -0.374. The van der Waals surface area contributed by atoms with E-state index in [9.17, 15) is 19.2 Å². The molecule has 2 N–H and O–H groups in total. The average molecular weight is 419 g/mol. The smallest absolute Gasteiger partial charge is 0.325 e. The molecule has 0 unspecified atom stereocenters. The number of fused-ring (bicyclic) bond motifs is 1. The zero-order valence-corrected chi connectivity index (χ0v) is 17.1. The van der Waals surface area contributed by atoms with E-state index in [1.165, 1.54) is 11.9 Å².